The van der Waals surface area contributed by atoms with E-state index in [9.17, 15) is 14.4 Å². The van der Waals surface area contributed by atoms with Crippen molar-refractivity contribution in [3.05, 3.63) is 75.7 Å². The number of hydrogen-bond donors (Lipinski definition) is 1. The second kappa shape index (κ2) is 11.2. The number of ether oxygens (including phenoxy) is 1. The Kier molecular flexibility index (Phi) is 8.41. The second-order valence-electron chi connectivity index (χ2n) is 7.80. The fourth-order valence-electron chi connectivity index (χ4n) is 2.84. The number of hydrogen-bond acceptors (Lipinski definition) is 7. The molecule has 0 aliphatic heterocycles. The smallest absolute Gasteiger partial charge is 0.338 e. The number of rotatable bonds is 9. The van der Waals surface area contributed by atoms with Crippen molar-refractivity contribution >= 4 is 46.4 Å². The second-order valence-corrected chi connectivity index (χ2v) is 9.91. The minimum Gasteiger partial charge on any atom is -0.451 e. The molecule has 0 fully saturated rings. The van der Waals surface area contributed by atoms with Crippen LogP contribution < -0.4 is 5.32 Å². The number of nitrogens with zero attached hydrogens (tertiary/aromatic N) is 1. The van der Waals surface area contributed by atoms with Crippen molar-refractivity contribution in [1.82, 2.24) is 4.98 Å². The molecule has 0 radical (unpaired) electrons. The molecule has 8 heteroatoms. The molecule has 1 aromatic heterocycles. The van der Waals surface area contributed by atoms with Gasteiger partial charge in [0.2, 0.25) is 11.7 Å². The molecule has 33 heavy (non-hydrogen) atoms. The number of benzene rings is 2. The number of ketones is 1. The molecule has 0 aliphatic carbocycles. The minimum absolute atomic E-state index is 0.0981. The van der Waals surface area contributed by atoms with Crippen molar-refractivity contribution in [2.24, 2.45) is 5.92 Å². The molecule has 172 valence electrons. The van der Waals surface area contributed by atoms with Gasteiger partial charge in [0, 0.05) is 33.2 Å². The van der Waals surface area contributed by atoms with E-state index in [4.69, 9.17) is 4.74 Å². The molecule has 0 aliphatic rings. The van der Waals surface area contributed by atoms with Gasteiger partial charge in [-0.15, -0.1) is 23.1 Å². The van der Waals surface area contributed by atoms with Crippen LogP contribution in [0.15, 0.2) is 58.8 Å². The zero-order chi connectivity index (χ0) is 24.0. The number of aromatic nitrogens is 1. The van der Waals surface area contributed by atoms with Gasteiger partial charge < -0.3 is 10.1 Å². The molecule has 0 saturated carbocycles. The summed E-state index contributed by atoms with van der Waals surface area (Å²) in [7, 11) is 0. The van der Waals surface area contributed by atoms with E-state index >= 15 is 0 Å². The molecule has 3 aromatic rings. The summed E-state index contributed by atoms with van der Waals surface area (Å²) in [6, 6.07) is 13.6. The van der Waals surface area contributed by atoms with Gasteiger partial charge in [-0.1, -0.05) is 13.8 Å². The predicted molar refractivity (Wildman–Crippen MR) is 132 cm³/mol. The van der Waals surface area contributed by atoms with E-state index in [0.29, 0.717) is 16.8 Å². The Morgan fingerprint density at radius 3 is 2.21 bits per heavy atom. The molecule has 3 rings (SSSR count). The summed E-state index contributed by atoms with van der Waals surface area (Å²) in [4.78, 5) is 42.4. The highest BCUT2D eigenvalue weighted by Gasteiger charge is 2.20. The van der Waals surface area contributed by atoms with Crippen LogP contribution in [0, 0.1) is 12.8 Å². The van der Waals surface area contributed by atoms with E-state index in [-0.39, 0.29) is 17.6 Å². The summed E-state index contributed by atoms with van der Waals surface area (Å²) in [6.07, 6.45) is -0.935. The number of nitrogens with one attached hydrogen (secondary N) is 1. The third-order valence-corrected chi connectivity index (χ3v) is 6.63. The van der Waals surface area contributed by atoms with Gasteiger partial charge in [-0.3, -0.25) is 9.59 Å². The van der Waals surface area contributed by atoms with Crippen LogP contribution in [0.25, 0.3) is 0 Å². The van der Waals surface area contributed by atoms with Crippen molar-refractivity contribution in [3.8, 4) is 0 Å². The molecule has 0 bridgehead atoms. The summed E-state index contributed by atoms with van der Waals surface area (Å²) < 4.78 is 5.38. The van der Waals surface area contributed by atoms with Crippen LogP contribution in [0.1, 0.15) is 52.2 Å². The van der Waals surface area contributed by atoms with E-state index in [1.165, 1.54) is 0 Å². The summed E-state index contributed by atoms with van der Waals surface area (Å²) in [6.45, 7) is 7.14. The Labute approximate surface area is 201 Å². The number of anilines is 1. The van der Waals surface area contributed by atoms with Gasteiger partial charge in [-0.05, 0) is 62.4 Å². The van der Waals surface area contributed by atoms with Crippen LogP contribution in [-0.2, 0) is 15.3 Å². The van der Waals surface area contributed by atoms with Crippen LogP contribution >= 0.6 is 23.1 Å². The highest BCUT2D eigenvalue weighted by Crippen LogP contribution is 2.24. The van der Waals surface area contributed by atoms with Crippen LogP contribution in [0.4, 0.5) is 5.69 Å². The van der Waals surface area contributed by atoms with Crippen molar-refractivity contribution in [2.45, 2.75) is 44.4 Å². The fraction of sp³-hybridized carbons (Fsp3) is 0.280. The van der Waals surface area contributed by atoms with E-state index in [2.05, 4.69) is 10.3 Å². The summed E-state index contributed by atoms with van der Waals surface area (Å²) in [5.41, 5.74) is 2.43. The molecular formula is C25H26N2O4S2. The fourth-order valence-corrected chi connectivity index (χ4v) is 4.35. The first-order chi connectivity index (χ1) is 15.7. The highest BCUT2D eigenvalue weighted by atomic mass is 32.2. The number of carbonyl (C=O) groups excluding carboxylic acids is 3. The molecule has 1 unspecified atom stereocenters. The van der Waals surface area contributed by atoms with E-state index in [1.54, 1.807) is 80.3 Å². The third kappa shape index (κ3) is 7.00. The maximum absolute atomic E-state index is 12.7. The van der Waals surface area contributed by atoms with Gasteiger partial charge in [0.05, 0.1) is 16.3 Å². The van der Waals surface area contributed by atoms with Crippen molar-refractivity contribution in [1.29, 1.82) is 0 Å². The van der Waals surface area contributed by atoms with Crippen molar-refractivity contribution in [2.75, 3.05) is 5.32 Å². The molecule has 2 aromatic carbocycles. The number of aryl methyl sites for hydroxylation is 1. The lowest BCUT2D eigenvalue weighted by atomic mass is 10.1. The van der Waals surface area contributed by atoms with Gasteiger partial charge in [-0.25, -0.2) is 9.78 Å². The Bertz CT molecular complexity index is 1120. The summed E-state index contributed by atoms with van der Waals surface area (Å²) >= 11 is 3.27. The zero-order valence-electron chi connectivity index (χ0n) is 19.0. The van der Waals surface area contributed by atoms with Crippen LogP contribution in [-0.4, -0.2) is 28.7 Å². The maximum Gasteiger partial charge on any atom is 0.338 e. The van der Waals surface area contributed by atoms with Crippen LogP contribution in [0.5, 0.6) is 0 Å². The van der Waals surface area contributed by atoms with Gasteiger partial charge in [0.25, 0.3) is 0 Å². The zero-order valence-corrected chi connectivity index (χ0v) is 20.6. The van der Waals surface area contributed by atoms with Crippen LogP contribution in [0.3, 0.4) is 0 Å². The highest BCUT2D eigenvalue weighted by molar-refractivity contribution is 7.98. The molecule has 1 heterocycles. The Hall–Kier alpha value is -2.97. The Morgan fingerprint density at radius 1 is 1.00 bits per heavy atom. The quantitative estimate of drug-likeness (QED) is 0.237. The standard InChI is InChI=1S/C25H26N2O4S2/c1-15(2)24(29)27-20-9-5-18(6-10-20)23(28)16(3)31-25(30)19-7-11-22(12-8-19)33-14-21-13-32-17(4)26-21/h5-13,15-16H,14H2,1-4H3,(H,27,29). The van der Waals surface area contributed by atoms with Crippen LogP contribution in [0.2, 0.25) is 0 Å². The summed E-state index contributed by atoms with van der Waals surface area (Å²) in [5.74, 6) is -0.335. The average Bonchev–Trinajstić information content (AvgIpc) is 3.23. The van der Waals surface area contributed by atoms with Gasteiger partial charge in [0.15, 0.2) is 6.10 Å². The number of carbonyl (C=O) groups is 3. The van der Waals surface area contributed by atoms with E-state index in [0.717, 1.165) is 21.3 Å². The van der Waals surface area contributed by atoms with Gasteiger partial charge >= 0.3 is 5.97 Å². The number of thioether (sulfide) groups is 1. The first-order valence-electron chi connectivity index (χ1n) is 10.5. The average molecular weight is 483 g/mol. The Balaban J connectivity index is 1.53. The SMILES string of the molecule is Cc1nc(CSc2ccc(C(=O)OC(C)C(=O)c3ccc(NC(=O)C(C)C)cc3)cc2)cs1. The number of thiazole rings is 1. The molecule has 1 N–H and O–H groups in total. The lowest BCUT2D eigenvalue weighted by Crippen LogP contribution is -2.24. The Morgan fingerprint density at radius 2 is 1.64 bits per heavy atom. The number of Topliss-reactive ketones (excluding diaryl/α,β-unsaturated/α-hetero) is 1. The largest absolute Gasteiger partial charge is 0.451 e. The molecule has 0 spiro atoms. The molecule has 0 saturated heterocycles. The normalized spacial score (nSPS) is 11.8. The topological polar surface area (TPSA) is 85.4 Å². The van der Waals surface area contributed by atoms with Crippen molar-refractivity contribution in [3.63, 3.8) is 0 Å². The lowest BCUT2D eigenvalue weighted by Gasteiger charge is -2.13. The maximum atomic E-state index is 12.7. The molecule has 6 nitrogen and oxygen atoms in total. The minimum atomic E-state index is -0.935. The van der Waals surface area contributed by atoms with Crippen molar-refractivity contribution < 1.29 is 19.1 Å². The van der Waals surface area contributed by atoms with E-state index < -0.39 is 12.1 Å². The monoisotopic (exact) mass is 482 g/mol. The first kappa shape index (κ1) is 24.7. The molecular weight excluding hydrogens is 456 g/mol. The third-order valence-electron chi connectivity index (χ3n) is 4.76. The molecule has 1 amide bonds. The first-order valence-corrected chi connectivity index (χ1v) is 12.4. The van der Waals surface area contributed by atoms with Gasteiger partial charge in [-0.2, -0.15) is 0 Å². The number of amides is 1. The lowest BCUT2D eigenvalue weighted by molar-refractivity contribution is -0.118. The van der Waals surface area contributed by atoms with Gasteiger partial charge in [0.1, 0.15) is 0 Å². The molecule has 1 atom stereocenters. The predicted octanol–water partition coefficient (Wildman–Crippen LogP) is 5.77. The van der Waals surface area contributed by atoms with E-state index in [1.807, 2.05) is 24.4 Å². The summed E-state index contributed by atoms with van der Waals surface area (Å²) in [5, 5.41) is 5.86. The number of esters is 1.